The summed E-state index contributed by atoms with van der Waals surface area (Å²) in [4.78, 5) is 0. The van der Waals surface area contributed by atoms with E-state index in [2.05, 4.69) is 6.92 Å². The van der Waals surface area contributed by atoms with Gasteiger partial charge in [-0.25, -0.2) is 0 Å². The van der Waals surface area contributed by atoms with E-state index in [0.29, 0.717) is 5.92 Å². The lowest BCUT2D eigenvalue weighted by Crippen LogP contribution is -2.09. The molecule has 0 saturated heterocycles. The Kier molecular flexibility index (Phi) is 1.78. The van der Waals surface area contributed by atoms with Crippen LogP contribution in [0.4, 0.5) is 0 Å². The van der Waals surface area contributed by atoms with Crippen LogP contribution in [0.2, 0.25) is 0 Å². The zero-order valence-electron chi connectivity index (χ0n) is 5.80. The first-order valence-corrected chi connectivity index (χ1v) is 3.51. The van der Waals surface area contributed by atoms with Gasteiger partial charge in [-0.05, 0) is 24.2 Å². The SMILES string of the molecule is CC[C@@]1(CO)C[C@@H]1CO. The molecule has 2 heteroatoms. The highest BCUT2D eigenvalue weighted by molar-refractivity contribution is 5.00. The van der Waals surface area contributed by atoms with Crippen LogP contribution < -0.4 is 0 Å². The molecule has 2 nitrogen and oxygen atoms in total. The Morgan fingerprint density at radius 3 is 2.33 bits per heavy atom. The molecular formula is C7H14O2. The highest BCUT2D eigenvalue weighted by Gasteiger charge is 2.51. The molecule has 0 spiro atoms. The van der Waals surface area contributed by atoms with E-state index in [1.165, 1.54) is 0 Å². The smallest absolute Gasteiger partial charge is 0.0490 e. The first kappa shape index (κ1) is 7.03. The van der Waals surface area contributed by atoms with Crippen LogP contribution in [0.3, 0.4) is 0 Å². The second kappa shape index (κ2) is 2.27. The molecule has 0 amide bonds. The van der Waals surface area contributed by atoms with Gasteiger partial charge in [0.1, 0.15) is 0 Å². The minimum atomic E-state index is 0.106. The lowest BCUT2D eigenvalue weighted by atomic mass is 10.0. The lowest BCUT2D eigenvalue weighted by molar-refractivity contribution is 0.169. The van der Waals surface area contributed by atoms with E-state index in [9.17, 15) is 0 Å². The topological polar surface area (TPSA) is 40.5 Å². The van der Waals surface area contributed by atoms with Gasteiger partial charge in [-0.15, -0.1) is 0 Å². The Morgan fingerprint density at radius 2 is 2.22 bits per heavy atom. The van der Waals surface area contributed by atoms with E-state index in [1.54, 1.807) is 0 Å². The molecule has 0 aromatic rings. The van der Waals surface area contributed by atoms with Gasteiger partial charge in [0.15, 0.2) is 0 Å². The van der Waals surface area contributed by atoms with E-state index in [1.807, 2.05) is 0 Å². The van der Waals surface area contributed by atoms with Crippen LogP contribution in [0.25, 0.3) is 0 Å². The molecule has 0 heterocycles. The second-order valence-electron chi connectivity index (χ2n) is 2.96. The fourth-order valence-electron chi connectivity index (χ4n) is 1.43. The Hall–Kier alpha value is -0.0800. The Morgan fingerprint density at radius 1 is 1.56 bits per heavy atom. The zero-order valence-corrected chi connectivity index (χ0v) is 5.80. The molecule has 0 aromatic heterocycles. The Bertz CT molecular complexity index is 97.1. The monoisotopic (exact) mass is 130 g/mol. The van der Waals surface area contributed by atoms with Crippen LogP contribution in [0.5, 0.6) is 0 Å². The van der Waals surface area contributed by atoms with E-state index in [0.717, 1.165) is 12.8 Å². The van der Waals surface area contributed by atoms with Crippen LogP contribution in [0.1, 0.15) is 19.8 Å². The van der Waals surface area contributed by atoms with Crippen molar-refractivity contribution in [2.75, 3.05) is 13.2 Å². The fraction of sp³-hybridized carbons (Fsp3) is 1.00. The molecule has 1 fully saturated rings. The summed E-state index contributed by atoms with van der Waals surface area (Å²) in [5, 5.41) is 17.5. The third-order valence-corrected chi connectivity index (χ3v) is 2.60. The fourth-order valence-corrected chi connectivity index (χ4v) is 1.43. The quantitative estimate of drug-likeness (QED) is 0.580. The maximum atomic E-state index is 8.85. The first-order chi connectivity index (χ1) is 4.29. The molecule has 2 N–H and O–H groups in total. The average Bonchev–Trinajstić information content (AvgIpc) is 2.63. The highest BCUT2D eigenvalue weighted by Crippen LogP contribution is 2.54. The van der Waals surface area contributed by atoms with Gasteiger partial charge >= 0.3 is 0 Å². The van der Waals surface area contributed by atoms with Crippen molar-refractivity contribution in [1.29, 1.82) is 0 Å². The molecule has 0 bridgehead atoms. The maximum Gasteiger partial charge on any atom is 0.0490 e. The summed E-state index contributed by atoms with van der Waals surface area (Å²) in [6.07, 6.45) is 2.01. The molecule has 1 rings (SSSR count). The van der Waals surface area contributed by atoms with E-state index in [4.69, 9.17) is 10.2 Å². The van der Waals surface area contributed by atoms with Gasteiger partial charge in [0.2, 0.25) is 0 Å². The van der Waals surface area contributed by atoms with Crippen molar-refractivity contribution in [3.05, 3.63) is 0 Å². The molecule has 54 valence electrons. The van der Waals surface area contributed by atoms with Crippen LogP contribution in [-0.4, -0.2) is 23.4 Å². The third kappa shape index (κ3) is 0.970. The molecule has 0 aliphatic heterocycles. The van der Waals surface area contributed by atoms with Crippen molar-refractivity contribution in [3.8, 4) is 0 Å². The number of hydrogen-bond acceptors (Lipinski definition) is 2. The summed E-state index contributed by atoms with van der Waals surface area (Å²) in [6, 6.07) is 0. The van der Waals surface area contributed by atoms with Crippen molar-refractivity contribution in [3.63, 3.8) is 0 Å². The summed E-state index contributed by atoms with van der Waals surface area (Å²) in [7, 11) is 0. The maximum absolute atomic E-state index is 8.85. The van der Waals surface area contributed by atoms with Crippen LogP contribution >= 0.6 is 0 Å². The zero-order chi connectivity index (χ0) is 6.91. The predicted octanol–water partition coefficient (Wildman–Crippen LogP) is 0.387. The third-order valence-electron chi connectivity index (χ3n) is 2.60. The van der Waals surface area contributed by atoms with E-state index < -0.39 is 0 Å². The highest BCUT2D eigenvalue weighted by atomic mass is 16.3. The summed E-state index contributed by atoms with van der Waals surface area (Å²) >= 11 is 0. The number of rotatable bonds is 3. The van der Waals surface area contributed by atoms with Gasteiger partial charge in [0.25, 0.3) is 0 Å². The molecule has 0 aromatic carbocycles. The molecular weight excluding hydrogens is 116 g/mol. The van der Waals surface area contributed by atoms with Gasteiger partial charge in [-0.2, -0.15) is 0 Å². The standard InChI is InChI=1S/C7H14O2/c1-2-7(5-9)3-6(7)4-8/h6,8-9H,2-5H2,1H3/t6-,7+/m1/s1. The average molecular weight is 130 g/mol. The minimum Gasteiger partial charge on any atom is -0.396 e. The number of hydrogen-bond donors (Lipinski definition) is 2. The molecule has 2 atom stereocenters. The Balaban J connectivity index is 2.37. The lowest BCUT2D eigenvalue weighted by Gasteiger charge is -2.08. The van der Waals surface area contributed by atoms with E-state index in [-0.39, 0.29) is 18.6 Å². The molecule has 1 aliphatic carbocycles. The Labute approximate surface area is 55.5 Å². The van der Waals surface area contributed by atoms with Crippen LogP contribution in [0, 0.1) is 11.3 Å². The first-order valence-electron chi connectivity index (χ1n) is 3.51. The molecule has 9 heavy (non-hydrogen) atoms. The van der Waals surface area contributed by atoms with Gasteiger partial charge < -0.3 is 10.2 Å². The van der Waals surface area contributed by atoms with Gasteiger partial charge in [-0.3, -0.25) is 0 Å². The minimum absolute atomic E-state index is 0.106. The van der Waals surface area contributed by atoms with E-state index >= 15 is 0 Å². The summed E-state index contributed by atoms with van der Waals surface area (Å²) in [5.74, 6) is 0.382. The summed E-state index contributed by atoms with van der Waals surface area (Å²) in [6.45, 7) is 2.55. The van der Waals surface area contributed by atoms with Gasteiger partial charge in [-0.1, -0.05) is 6.92 Å². The largest absolute Gasteiger partial charge is 0.396 e. The normalized spacial score (nSPS) is 41.0. The van der Waals surface area contributed by atoms with Gasteiger partial charge in [0, 0.05) is 13.2 Å². The number of aliphatic hydroxyl groups is 2. The van der Waals surface area contributed by atoms with Crippen molar-refractivity contribution >= 4 is 0 Å². The second-order valence-corrected chi connectivity index (χ2v) is 2.96. The molecule has 1 saturated carbocycles. The molecule has 1 aliphatic rings. The molecule has 0 radical (unpaired) electrons. The number of aliphatic hydroxyl groups excluding tert-OH is 2. The summed E-state index contributed by atoms with van der Waals surface area (Å²) in [5.41, 5.74) is 0.106. The van der Waals surface area contributed by atoms with Crippen molar-refractivity contribution < 1.29 is 10.2 Å². The van der Waals surface area contributed by atoms with Crippen LogP contribution in [0.15, 0.2) is 0 Å². The van der Waals surface area contributed by atoms with Crippen molar-refractivity contribution in [2.24, 2.45) is 11.3 Å². The molecule has 0 unspecified atom stereocenters. The van der Waals surface area contributed by atoms with Crippen molar-refractivity contribution in [2.45, 2.75) is 19.8 Å². The van der Waals surface area contributed by atoms with Crippen molar-refractivity contribution in [1.82, 2.24) is 0 Å². The van der Waals surface area contributed by atoms with Crippen LogP contribution in [-0.2, 0) is 0 Å². The van der Waals surface area contributed by atoms with Gasteiger partial charge in [0.05, 0.1) is 0 Å². The predicted molar refractivity (Wildman–Crippen MR) is 35.0 cm³/mol. The summed E-state index contributed by atoms with van der Waals surface area (Å²) < 4.78 is 0.